The minimum atomic E-state index is -3.35. The first-order valence-electron chi connectivity index (χ1n) is 13.0. The Morgan fingerprint density at radius 1 is 1.00 bits per heavy atom. The molecule has 0 aliphatic carbocycles. The number of nitrogens with one attached hydrogen (secondary N) is 1. The number of hydrogen-bond acceptors (Lipinski definition) is 7. The molecule has 204 valence electrons. The predicted molar refractivity (Wildman–Crippen MR) is 158 cm³/mol. The summed E-state index contributed by atoms with van der Waals surface area (Å²) in [6.45, 7) is 13.4. The summed E-state index contributed by atoms with van der Waals surface area (Å²) in [6.07, 6.45) is 2.36. The van der Waals surface area contributed by atoms with E-state index in [1.54, 1.807) is 26.8 Å². The molecular weight excluding hydrogens is 518 g/mol. The van der Waals surface area contributed by atoms with Crippen LogP contribution in [0.2, 0.25) is 5.02 Å². The van der Waals surface area contributed by atoms with E-state index in [0.29, 0.717) is 23.0 Å². The third-order valence-corrected chi connectivity index (χ3v) is 10.1. The lowest BCUT2D eigenvalue weighted by atomic mass is 10.0. The lowest BCUT2D eigenvalue weighted by Crippen LogP contribution is -2.44. The van der Waals surface area contributed by atoms with Crippen molar-refractivity contribution < 1.29 is 8.42 Å². The van der Waals surface area contributed by atoms with E-state index in [9.17, 15) is 8.42 Å². The van der Waals surface area contributed by atoms with Crippen LogP contribution >= 0.6 is 11.6 Å². The number of likely N-dealkylation sites (N-methyl/N-ethyl adjacent to an activating group) is 1. The van der Waals surface area contributed by atoms with Gasteiger partial charge >= 0.3 is 0 Å². The van der Waals surface area contributed by atoms with Crippen molar-refractivity contribution in [2.45, 2.75) is 51.5 Å². The summed E-state index contributed by atoms with van der Waals surface area (Å²) < 4.78 is 24.7. The van der Waals surface area contributed by atoms with Gasteiger partial charge in [0.25, 0.3) is 0 Å². The summed E-state index contributed by atoms with van der Waals surface area (Å²) in [5, 5.41) is 3.81. The first-order valence-corrected chi connectivity index (χ1v) is 15.0. The number of hydrogen-bond donors (Lipinski definition) is 1. The monoisotopic (exact) mass is 555 g/mol. The van der Waals surface area contributed by atoms with Crippen molar-refractivity contribution in [3.05, 3.63) is 75.6 Å². The van der Waals surface area contributed by atoms with Gasteiger partial charge in [0.05, 0.1) is 16.2 Å². The zero-order valence-corrected chi connectivity index (χ0v) is 24.7. The van der Waals surface area contributed by atoms with E-state index >= 15 is 0 Å². The van der Waals surface area contributed by atoms with Crippen LogP contribution in [-0.2, 0) is 22.0 Å². The molecule has 0 bridgehead atoms. The van der Waals surface area contributed by atoms with Gasteiger partial charge in [-0.1, -0.05) is 23.7 Å². The maximum atomic E-state index is 12.8. The number of aryl methyl sites for hydroxylation is 2. The van der Waals surface area contributed by atoms with Gasteiger partial charge in [-0.2, -0.15) is 0 Å². The van der Waals surface area contributed by atoms with Gasteiger partial charge in [-0.3, -0.25) is 0 Å². The lowest BCUT2D eigenvalue weighted by molar-refractivity contribution is 0.312. The molecule has 38 heavy (non-hydrogen) atoms. The van der Waals surface area contributed by atoms with E-state index in [1.807, 2.05) is 25.3 Å². The van der Waals surface area contributed by atoms with Crippen LogP contribution in [0.15, 0.2) is 42.6 Å². The molecule has 3 aromatic rings. The number of aromatic nitrogens is 2. The topological polar surface area (TPSA) is 78.4 Å². The van der Waals surface area contributed by atoms with Crippen LogP contribution < -0.4 is 10.2 Å². The Bertz CT molecular complexity index is 1410. The maximum absolute atomic E-state index is 12.8. The van der Waals surface area contributed by atoms with E-state index in [4.69, 9.17) is 16.6 Å². The largest absolute Gasteiger partial charge is 0.369 e. The van der Waals surface area contributed by atoms with Crippen molar-refractivity contribution in [3.63, 3.8) is 0 Å². The minimum absolute atomic E-state index is 0.0950. The molecule has 1 aliphatic heterocycles. The van der Waals surface area contributed by atoms with E-state index in [2.05, 4.69) is 52.3 Å². The standard InChI is InChI=1S/C29H38ClN5O2S/c1-20-15-24(8-10-27(20)35-13-11-34(6)12-14-35)32-28-31-18-21(2)26(33-28)17-22-7-9-25(30)23(16-22)19-38(36,37)29(3,4)5/h7-10,15-16,18H,11-14,17,19H2,1-6H3,(H,31,32,33). The summed E-state index contributed by atoms with van der Waals surface area (Å²) in [7, 11) is -1.19. The van der Waals surface area contributed by atoms with Crippen molar-refractivity contribution in [2.24, 2.45) is 0 Å². The SMILES string of the molecule is Cc1cc(Nc2ncc(C)c(Cc3ccc(Cl)c(CS(=O)(=O)C(C)(C)C)c3)n2)ccc1N1CCN(C)CC1. The number of halogens is 1. The molecule has 0 amide bonds. The van der Waals surface area contributed by atoms with Crippen LogP contribution in [-0.4, -0.2) is 61.3 Å². The molecule has 1 aliphatic rings. The Morgan fingerprint density at radius 3 is 2.37 bits per heavy atom. The van der Waals surface area contributed by atoms with Gasteiger partial charge in [-0.05, 0) is 88.2 Å². The fourth-order valence-corrected chi connectivity index (χ4v) is 5.79. The Kier molecular flexibility index (Phi) is 8.35. The first kappa shape index (κ1) is 28.3. The van der Waals surface area contributed by atoms with Crippen LogP contribution in [0.1, 0.15) is 48.7 Å². The lowest BCUT2D eigenvalue weighted by Gasteiger charge is -2.35. The molecule has 1 saturated heterocycles. The highest BCUT2D eigenvalue weighted by molar-refractivity contribution is 7.91. The highest BCUT2D eigenvalue weighted by Gasteiger charge is 2.29. The number of rotatable bonds is 7. The first-order chi connectivity index (χ1) is 17.8. The molecule has 1 N–H and O–H groups in total. The summed E-state index contributed by atoms with van der Waals surface area (Å²) >= 11 is 6.38. The molecule has 4 rings (SSSR count). The number of sulfone groups is 1. The van der Waals surface area contributed by atoms with Crippen LogP contribution in [0.4, 0.5) is 17.3 Å². The average molecular weight is 556 g/mol. The molecule has 0 saturated carbocycles. The molecular formula is C29H38ClN5O2S. The number of piperazine rings is 1. The average Bonchev–Trinajstić information content (AvgIpc) is 2.83. The van der Waals surface area contributed by atoms with E-state index < -0.39 is 14.6 Å². The van der Waals surface area contributed by atoms with E-state index in [0.717, 1.165) is 48.7 Å². The van der Waals surface area contributed by atoms with Crippen molar-refractivity contribution >= 4 is 38.8 Å². The third-order valence-electron chi connectivity index (χ3n) is 7.13. The zero-order valence-electron chi connectivity index (χ0n) is 23.2. The molecule has 7 nitrogen and oxygen atoms in total. The van der Waals surface area contributed by atoms with Crippen molar-refractivity contribution in [2.75, 3.05) is 43.4 Å². The summed E-state index contributed by atoms with van der Waals surface area (Å²) in [4.78, 5) is 14.1. The highest BCUT2D eigenvalue weighted by Crippen LogP contribution is 2.28. The van der Waals surface area contributed by atoms with Gasteiger partial charge in [-0.25, -0.2) is 18.4 Å². The second kappa shape index (κ2) is 11.2. The zero-order chi connectivity index (χ0) is 27.7. The molecule has 2 aromatic carbocycles. The van der Waals surface area contributed by atoms with Crippen LogP contribution in [0.5, 0.6) is 0 Å². The quantitative estimate of drug-likeness (QED) is 0.409. The van der Waals surface area contributed by atoms with Gasteiger partial charge in [-0.15, -0.1) is 0 Å². The van der Waals surface area contributed by atoms with E-state index in [-0.39, 0.29) is 5.75 Å². The molecule has 9 heteroatoms. The second-order valence-electron chi connectivity index (χ2n) is 11.2. The molecule has 2 heterocycles. The summed E-state index contributed by atoms with van der Waals surface area (Å²) in [6, 6.07) is 11.9. The number of nitrogens with zero attached hydrogens (tertiary/aromatic N) is 4. The molecule has 0 atom stereocenters. The molecule has 0 spiro atoms. The molecule has 0 unspecified atom stereocenters. The van der Waals surface area contributed by atoms with Gasteiger partial charge in [0.15, 0.2) is 9.84 Å². The molecule has 0 radical (unpaired) electrons. The smallest absolute Gasteiger partial charge is 0.227 e. The van der Waals surface area contributed by atoms with Crippen LogP contribution in [0, 0.1) is 13.8 Å². The van der Waals surface area contributed by atoms with Crippen LogP contribution in [0.25, 0.3) is 0 Å². The van der Waals surface area contributed by atoms with Gasteiger partial charge in [0.1, 0.15) is 0 Å². The fourth-order valence-electron chi connectivity index (χ4n) is 4.44. The maximum Gasteiger partial charge on any atom is 0.227 e. The predicted octanol–water partition coefficient (Wildman–Crippen LogP) is 5.55. The molecule has 1 fully saturated rings. The van der Waals surface area contributed by atoms with Crippen LogP contribution in [0.3, 0.4) is 0 Å². The minimum Gasteiger partial charge on any atom is -0.369 e. The van der Waals surface area contributed by atoms with E-state index in [1.165, 1.54) is 11.3 Å². The molecule has 1 aromatic heterocycles. The second-order valence-corrected chi connectivity index (χ2v) is 14.4. The highest BCUT2D eigenvalue weighted by atomic mass is 35.5. The Balaban J connectivity index is 1.51. The summed E-state index contributed by atoms with van der Waals surface area (Å²) in [5.41, 5.74) is 6.83. The van der Waals surface area contributed by atoms with Gasteiger partial charge in [0, 0.05) is 55.2 Å². The number of benzene rings is 2. The fraction of sp³-hybridized carbons (Fsp3) is 0.448. The van der Waals surface area contributed by atoms with Crippen molar-refractivity contribution in [1.82, 2.24) is 14.9 Å². The number of anilines is 3. The van der Waals surface area contributed by atoms with Gasteiger partial charge < -0.3 is 15.1 Å². The van der Waals surface area contributed by atoms with Crippen molar-refractivity contribution in [1.29, 1.82) is 0 Å². The normalized spacial score (nSPS) is 15.1. The van der Waals surface area contributed by atoms with Crippen molar-refractivity contribution in [3.8, 4) is 0 Å². The van der Waals surface area contributed by atoms with Gasteiger partial charge in [0.2, 0.25) is 5.95 Å². The third kappa shape index (κ3) is 6.65. The summed E-state index contributed by atoms with van der Waals surface area (Å²) in [5.74, 6) is 0.434. The Hall–Kier alpha value is -2.68. The Morgan fingerprint density at radius 2 is 1.71 bits per heavy atom. The Labute approximate surface area is 232 Å².